The lowest BCUT2D eigenvalue weighted by Gasteiger charge is -2.04. The Kier molecular flexibility index (Phi) is 5.43. The van der Waals surface area contributed by atoms with Crippen LogP contribution in [0, 0.1) is 5.82 Å². The van der Waals surface area contributed by atoms with Crippen molar-refractivity contribution in [1.29, 1.82) is 0 Å². The van der Waals surface area contributed by atoms with Crippen LogP contribution in [0.3, 0.4) is 0 Å². The summed E-state index contributed by atoms with van der Waals surface area (Å²) in [6, 6.07) is 11.8. The summed E-state index contributed by atoms with van der Waals surface area (Å²) in [5.41, 5.74) is 0.844. The first-order chi connectivity index (χ1) is 12.5. The zero-order chi connectivity index (χ0) is 18.5. The number of rotatable bonds is 5. The molecule has 0 aromatic heterocycles. The third-order valence-electron chi connectivity index (χ3n) is 3.60. The minimum absolute atomic E-state index is 0.0235. The van der Waals surface area contributed by atoms with Gasteiger partial charge in [-0.3, -0.25) is 9.59 Å². The van der Waals surface area contributed by atoms with E-state index in [-0.39, 0.29) is 29.0 Å². The molecule has 3 rings (SSSR count). The number of nitrogens with zero attached hydrogens (tertiary/aromatic N) is 2. The number of nitrogens with one attached hydrogen (secondary N) is 1. The number of halogens is 1. The molecule has 1 fully saturated rings. The molecule has 1 aliphatic rings. The maximum atomic E-state index is 12.9. The van der Waals surface area contributed by atoms with Crippen molar-refractivity contribution in [3.05, 3.63) is 65.5 Å². The molecule has 2 aromatic carbocycles. The van der Waals surface area contributed by atoms with Gasteiger partial charge in [-0.15, -0.1) is 5.10 Å². The third-order valence-corrected chi connectivity index (χ3v) is 4.67. The minimum Gasteiger partial charge on any atom is -0.507 e. The number of hydrogen-bond acceptors (Lipinski definition) is 6. The molecule has 26 heavy (non-hydrogen) atoms. The molecule has 0 radical (unpaired) electrons. The average Bonchev–Trinajstić information content (AvgIpc) is 2.96. The lowest BCUT2D eigenvalue weighted by atomic mass is 10.1. The highest BCUT2D eigenvalue weighted by Gasteiger charge is 2.32. The van der Waals surface area contributed by atoms with Crippen molar-refractivity contribution in [2.45, 2.75) is 11.7 Å². The van der Waals surface area contributed by atoms with Crippen molar-refractivity contribution in [3.8, 4) is 5.75 Å². The highest BCUT2D eigenvalue weighted by atomic mass is 32.2. The van der Waals surface area contributed by atoms with Crippen LogP contribution in [0.15, 0.2) is 58.7 Å². The molecular formula is C18H14FN3O3S. The van der Waals surface area contributed by atoms with Gasteiger partial charge in [0.25, 0.3) is 0 Å². The third kappa shape index (κ3) is 4.34. The summed E-state index contributed by atoms with van der Waals surface area (Å²) in [5, 5.41) is 19.6. The van der Waals surface area contributed by atoms with Crippen molar-refractivity contribution in [3.63, 3.8) is 0 Å². The van der Waals surface area contributed by atoms with Crippen LogP contribution in [0.2, 0.25) is 0 Å². The molecule has 1 saturated heterocycles. The van der Waals surface area contributed by atoms with Crippen LogP contribution in [0.25, 0.3) is 0 Å². The number of amidine groups is 1. The van der Waals surface area contributed by atoms with E-state index in [4.69, 9.17) is 0 Å². The fourth-order valence-electron chi connectivity index (χ4n) is 2.25. The van der Waals surface area contributed by atoms with Crippen LogP contribution in [0.4, 0.5) is 4.39 Å². The van der Waals surface area contributed by atoms with E-state index in [2.05, 4.69) is 15.5 Å². The van der Waals surface area contributed by atoms with E-state index in [1.165, 1.54) is 36.5 Å². The van der Waals surface area contributed by atoms with Gasteiger partial charge in [-0.1, -0.05) is 23.9 Å². The lowest BCUT2D eigenvalue weighted by Crippen LogP contribution is -2.26. The molecule has 1 amide bonds. The van der Waals surface area contributed by atoms with Crippen LogP contribution >= 0.6 is 11.8 Å². The van der Waals surface area contributed by atoms with Crippen LogP contribution in [0.5, 0.6) is 5.75 Å². The predicted octanol–water partition coefficient (Wildman–Crippen LogP) is 2.73. The van der Waals surface area contributed by atoms with Crippen LogP contribution in [-0.2, 0) is 4.79 Å². The molecule has 0 saturated carbocycles. The number of para-hydroxylation sites is 1. The fraction of sp³-hybridized carbons (Fsp3) is 0.111. The molecular weight excluding hydrogens is 357 g/mol. The summed E-state index contributed by atoms with van der Waals surface area (Å²) >= 11 is 1.10. The molecule has 0 spiro atoms. The Bertz CT molecular complexity index is 897. The Morgan fingerprint density at radius 3 is 2.69 bits per heavy atom. The zero-order valence-electron chi connectivity index (χ0n) is 13.4. The van der Waals surface area contributed by atoms with Crippen LogP contribution in [0.1, 0.15) is 22.3 Å². The monoisotopic (exact) mass is 371 g/mol. The molecule has 1 unspecified atom stereocenters. The van der Waals surface area contributed by atoms with E-state index in [9.17, 15) is 19.1 Å². The maximum Gasteiger partial charge on any atom is 0.240 e. The maximum absolute atomic E-state index is 12.9. The summed E-state index contributed by atoms with van der Waals surface area (Å²) < 4.78 is 12.9. The molecule has 0 bridgehead atoms. The summed E-state index contributed by atoms with van der Waals surface area (Å²) in [6.07, 6.45) is 1.34. The molecule has 1 atom stereocenters. The van der Waals surface area contributed by atoms with Gasteiger partial charge in [0, 0.05) is 17.5 Å². The second kappa shape index (κ2) is 7.92. The number of phenolic OH excluding ortho intramolecular Hbond substituents is 1. The van der Waals surface area contributed by atoms with Gasteiger partial charge in [0.15, 0.2) is 11.0 Å². The Morgan fingerprint density at radius 1 is 1.23 bits per heavy atom. The molecule has 132 valence electrons. The van der Waals surface area contributed by atoms with Gasteiger partial charge in [-0.05, 0) is 36.4 Å². The van der Waals surface area contributed by atoms with Crippen molar-refractivity contribution in [2.75, 3.05) is 0 Å². The number of ketones is 1. The molecule has 1 aliphatic heterocycles. The highest BCUT2D eigenvalue weighted by Crippen LogP contribution is 2.24. The first kappa shape index (κ1) is 17.8. The topological polar surface area (TPSA) is 91.1 Å². The van der Waals surface area contributed by atoms with Gasteiger partial charge in [-0.25, -0.2) is 4.39 Å². The van der Waals surface area contributed by atoms with Crippen LogP contribution < -0.4 is 5.32 Å². The fourth-order valence-corrected chi connectivity index (χ4v) is 3.17. The van der Waals surface area contributed by atoms with E-state index in [0.717, 1.165) is 11.8 Å². The standard InChI is InChI=1S/C18H14FN3O3S/c19-13-7-5-11(6-8-13)15(24)9-16-17(25)21-18(26-16)22-20-10-12-3-1-2-4-14(12)23/h1-8,10,16,23H,9H2,(H,21,22,25)/b20-10+. The Morgan fingerprint density at radius 2 is 1.96 bits per heavy atom. The summed E-state index contributed by atoms with van der Waals surface area (Å²) in [7, 11) is 0. The lowest BCUT2D eigenvalue weighted by molar-refractivity contribution is -0.118. The van der Waals surface area contributed by atoms with Crippen molar-refractivity contribution in [1.82, 2.24) is 5.32 Å². The number of aromatic hydroxyl groups is 1. The largest absolute Gasteiger partial charge is 0.507 e. The molecule has 6 nitrogen and oxygen atoms in total. The van der Waals surface area contributed by atoms with Gasteiger partial charge < -0.3 is 10.4 Å². The number of benzene rings is 2. The van der Waals surface area contributed by atoms with E-state index < -0.39 is 11.1 Å². The van der Waals surface area contributed by atoms with Gasteiger partial charge >= 0.3 is 0 Å². The normalized spacial score (nSPS) is 18.4. The SMILES string of the molecule is O=C(CC1S/C(=N/N=C/c2ccccc2O)NC1=O)c1ccc(F)cc1. The quantitative estimate of drug-likeness (QED) is 0.480. The van der Waals surface area contributed by atoms with Gasteiger partial charge in [0.05, 0.1) is 11.5 Å². The Balaban J connectivity index is 1.62. The van der Waals surface area contributed by atoms with E-state index in [0.29, 0.717) is 11.1 Å². The minimum atomic E-state index is -0.619. The highest BCUT2D eigenvalue weighted by molar-refractivity contribution is 8.15. The predicted molar refractivity (Wildman–Crippen MR) is 98.0 cm³/mol. The number of carbonyl (C=O) groups excluding carboxylic acids is 2. The molecule has 8 heteroatoms. The number of phenols is 1. The van der Waals surface area contributed by atoms with E-state index in [1.807, 2.05) is 0 Å². The van der Waals surface area contributed by atoms with E-state index >= 15 is 0 Å². The van der Waals surface area contributed by atoms with Crippen LogP contribution in [-0.4, -0.2) is 33.4 Å². The summed E-state index contributed by atoms with van der Waals surface area (Å²) in [4.78, 5) is 24.2. The molecule has 2 aromatic rings. The first-order valence-electron chi connectivity index (χ1n) is 7.68. The molecule has 0 aliphatic carbocycles. The van der Waals surface area contributed by atoms with Gasteiger partial charge in [-0.2, -0.15) is 5.10 Å². The van der Waals surface area contributed by atoms with Crippen molar-refractivity contribution >= 4 is 34.8 Å². The number of thioether (sulfide) groups is 1. The van der Waals surface area contributed by atoms with Crippen molar-refractivity contribution < 1.29 is 19.1 Å². The number of carbonyl (C=O) groups is 2. The first-order valence-corrected chi connectivity index (χ1v) is 8.56. The summed E-state index contributed by atoms with van der Waals surface area (Å²) in [5.74, 6) is -0.938. The molecule has 2 N–H and O–H groups in total. The number of amides is 1. The summed E-state index contributed by atoms with van der Waals surface area (Å²) in [6.45, 7) is 0. The molecule has 1 heterocycles. The zero-order valence-corrected chi connectivity index (χ0v) is 14.2. The number of hydrogen-bond donors (Lipinski definition) is 2. The van der Waals surface area contributed by atoms with Gasteiger partial charge in [0.2, 0.25) is 5.91 Å². The second-order valence-corrected chi connectivity index (χ2v) is 6.63. The van der Waals surface area contributed by atoms with Gasteiger partial charge in [0.1, 0.15) is 11.6 Å². The van der Waals surface area contributed by atoms with E-state index in [1.54, 1.807) is 18.2 Å². The average molecular weight is 371 g/mol. The smallest absolute Gasteiger partial charge is 0.240 e. The Hall–Kier alpha value is -3.00. The van der Waals surface area contributed by atoms with Crippen molar-refractivity contribution in [2.24, 2.45) is 10.2 Å². The second-order valence-electron chi connectivity index (χ2n) is 5.44. The Labute approximate surface area is 152 Å². The number of Topliss-reactive ketones (excluding diaryl/α,β-unsaturated/α-hetero) is 1.